The van der Waals surface area contributed by atoms with Crippen molar-refractivity contribution in [2.24, 2.45) is 0 Å². The second-order valence-electron chi connectivity index (χ2n) is 4.59. The third kappa shape index (κ3) is 7.13. The van der Waals surface area contributed by atoms with Crippen molar-refractivity contribution in [2.75, 3.05) is 18.6 Å². The minimum Gasteiger partial charge on any atom is -0.490 e. The fraction of sp³-hybridized carbons (Fsp3) is 0.467. The fourth-order valence-electron chi connectivity index (χ4n) is 1.60. The highest BCUT2D eigenvalue weighted by atomic mass is 32.2. The maximum absolute atomic E-state index is 11.0. The lowest BCUT2D eigenvalue weighted by Crippen LogP contribution is -2.26. The van der Waals surface area contributed by atoms with E-state index in [1.165, 1.54) is 5.56 Å². The maximum Gasteiger partial charge on any atom is 0.119 e. The van der Waals surface area contributed by atoms with Crippen LogP contribution in [0.15, 0.2) is 36.9 Å². The summed E-state index contributed by atoms with van der Waals surface area (Å²) in [6.07, 6.45) is 4.41. The Morgan fingerprint density at radius 3 is 2.68 bits per heavy atom. The molecule has 2 atom stereocenters. The molecule has 0 aliphatic carbocycles. The summed E-state index contributed by atoms with van der Waals surface area (Å²) in [6, 6.07) is 8.41. The van der Waals surface area contributed by atoms with Crippen LogP contribution in [0.1, 0.15) is 18.9 Å². The molecule has 3 nitrogen and oxygen atoms in total. The molecule has 2 unspecified atom stereocenters. The van der Waals surface area contributed by atoms with E-state index in [1.54, 1.807) is 12.3 Å². The summed E-state index contributed by atoms with van der Waals surface area (Å²) in [5, 5.41) is 3.43. The van der Waals surface area contributed by atoms with Crippen molar-refractivity contribution in [3.8, 4) is 5.75 Å². The topological polar surface area (TPSA) is 38.3 Å². The summed E-state index contributed by atoms with van der Waals surface area (Å²) in [5.74, 6) is 1.61. The number of ether oxygens (including phenoxy) is 1. The van der Waals surface area contributed by atoms with Gasteiger partial charge in [-0.1, -0.05) is 24.8 Å². The molecule has 4 heteroatoms. The number of hydrogen-bond acceptors (Lipinski definition) is 3. The summed E-state index contributed by atoms with van der Waals surface area (Å²) in [4.78, 5) is 0. The van der Waals surface area contributed by atoms with E-state index in [1.807, 2.05) is 12.1 Å². The summed E-state index contributed by atoms with van der Waals surface area (Å²) >= 11 is 0. The molecule has 19 heavy (non-hydrogen) atoms. The number of rotatable bonds is 9. The Balaban J connectivity index is 2.32. The molecule has 0 amide bonds. The second-order valence-corrected chi connectivity index (χ2v) is 6.15. The molecule has 1 aromatic rings. The minimum atomic E-state index is -0.705. The minimum absolute atomic E-state index is 0.376. The number of hydrogen-bond donors (Lipinski definition) is 1. The van der Waals surface area contributed by atoms with Crippen LogP contribution in [-0.4, -0.2) is 28.9 Å². The van der Waals surface area contributed by atoms with Crippen LogP contribution in [0.25, 0.3) is 0 Å². The van der Waals surface area contributed by atoms with Gasteiger partial charge in [-0.05, 0) is 31.0 Å². The van der Waals surface area contributed by atoms with Gasteiger partial charge in [0.15, 0.2) is 0 Å². The van der Waals surface area contributed by atoms with Gasteiger partial charge >= 0.3 is 0 Å². The zero-order valence-electron chi connectivity index (χ0n) is 11.7. The first-order chi connectivity index (χ1) is 9.11. The summed E-state index contributed by atoms with van der Waals surface area (Å²) < 4.78 is 16.4. The van der Waals surface area contributed by atoms with Crippen molar-refractivity contribution in [1.82, 2.24) is 5.32 Å². The van der Waals surface area contributed by atoms with Crippen LogP contribution in [0.5, 0.6) is 5.75 Å². The molecule has 0 fully saturated rings. The van der Waals surface area contributed by atoms with E-state index in [4.69, 9.17) is 4.74 Å². The Kier molecular flexibility index (Phi) is 7.45. The standard InChI is InChI=1S/C15H23NO2S/c1-4-10-18-15-7-5-14(6-8-15)12-16-13(2)9-11-19(3)17/h4-8,13,16H,1,9-12H2,2-3H3. The second kappa shape index (κ2) is 8.88. The lowest BCUT2D eigenvalue weighted by atomic mass is 10.2. The van der Waals surface area contributed by atoms with Crippen molar-refractivity contribution >= 4 is 10.8 Å². The average Bonchev–Trinajstić information content (AvgIpc) is 2.41. The van der Waals surface area contributed by atoms with Crippen LogP contribution in [0.3, 0.4) is 0 Å². The van der Waals surface area contributed by atoms with Crippen LogP contribution in [-0.2, 0) is 17.3 Å². The third-order valence-electron chi connectivity index (χ3n) is 2.78. The summed E-state index contributed by atoms with van der Waals surface area (Å²) in [5.41, 5.74) is 1.22. The van der Waals surface area contributed by atoms with Crippen LogP contribution < -0.4 is 10.1 Å². The predicted molar refractivity (Wildman–Crippen MR) is 82.0 cm³/mol. The Hall–Kier alpha value is -1.13. The molecule has 106 valence electrons. The molecule has 0 aromatic heterocycles. The smallest absolute Gasteiger partial charge is 0.119 e. The van der Waals surface area contributed by atoms with E-state index in [2.05, 4.69) is 31.0 Å². The average molecular weight is 281 g/mol. The van der Waals surface area contributed by atoms with Crippen molar-refractivity contribution in [2.45, 2.75) is 25.9 Å². The highest BCUT2D eigenvalue weighted by Crippen LogP contribution is 2.12. The van der Waals surface area contributed by atoms with Crippen LogP contribution in [0, 0.1) is 0 Å². The first kappa shape index (κ1) is 15.9. The van der Waals surface area contributed by atoms with E-state index in [-0.39, 0.29) is 0 Å². The van der Waals surface area contributed by atoms with Gasteiger partial charge in [0.25, 0.3) is 0 Å². The van der Waals surface area contributed by atoms with E-state index < -0.39 is 10.8 Å². The normalized spacial score (nSPS) is 13.8. The Labute approximate surface area is 118 Å². The largest absolute Gasteiger partial charge is 0.490 e. The van der Waals surface area contributed by atoms with Gasteiger partial charge in [0.1, 0.15) is 12.4 Å². The lowest BCUT2D eigenvalue weighted by molar-refractivity contribution is 0.363. The van der Waals surface area contributed by atoms with Crippen LogP contribution >= 0.6 is 0 Å². The molecule has 0 heterocycles. The van der Waals surface area contributed by atoms with Crippen LogP contribution in [0.2, 0.25) is 0 Å². The first-order valence-corrected chi connectivity index (χ1v) is 8.20. The van der Waals surface area contributed by atoms with Crippen molar-refractivity contribution < 1.29 is 8.95 Å². The van der Waals surface area contributed by atoms with Gasteiger partial charge in [0.05, 0.1) is 0 Å². The zero-order chi connectivity index (χ0) is 14.1. The molecule has 0 bridgehead atoms. The Bertz CT molecular complexity index is 403. The van der Waals surface area contributed by atoms with Gasteiger partial charge in [0.2, 0.25) is 0 Å². The van der Waals surface area contributed by atoms with Gasteiger partial charge in [-0.2, -0.15) is 0 Å². The quantitative estimate of drug-likeness (QED) is 0.707. The molecule has 1 aromatic carbocycles. The fourth-order valence-corrected chi connectivity index (χ4v) is 2.28. The first-order valence-electron chi connectivity index (χ1n) is 6.48. The van der Waals surface area contributed by atoms with Gasteiger partial charge in [-0.25, -0.2) is 0 Å². The zero-order valence-corrected chi connectivity index (χ0v) is 12.5. The van der Waals surface area contributed by atoms with Crippen LogP contribution in [0.4, 0.5) is 0 Å². The highest BCUT2D eigenvalue weighted by molar-refractivity contribution is 7.84. The van der Waals surface area contributed by atoms with Crippen molar-refractivity contribution in [1.29, 1.82) is 0 Å². The van der Waals surface area contributed by atoms with Gasteiger partial charge in [-0.3, -0.25) is 4.21 Å². The molecule has 0 aliphatic rings. The molecule has 0 saturated carbocycles. The number of benzene rings is 1. The monoisotopic (exact) mass is 281 g/mol. The number of nitrogens with one attached hydrogen (secondary N) is 1. The Morgan fingerprint density at radius 2 is 2.11 bits per heavy atom. The molecular weight excluding hydrogens is 258 g/mol. The van der Waals surface area contributed by atoms with E-state index in [9.17, 15) is 4.21 Å². The molecule has 0 radical (unpaired) electrons. The molecule has 1 rings (SSSR count). The van der Waals surface area contributed by atoms with Crippen molar-refractivity contribution in [3.63, 3.8) is 0 Å². The Morgan fingerprint density at radius 1 is 1.42 bits per heavy atom. The summed E-state index contributed by atoms with van der Waals surface area (Å²) in [6.45, 7) is 7.08. The van der Waals surface area contributed by atoms with Crippen molar-refractivity contribution in [3.05, 3.63) is 42.5 Å². The van der Waals surface area contributed by atoms with E-state index in [0.29, 0.717) is 12.6 Å². The SMILES string of the molecule is C=CCOc1ccc(CNC(C)CCS(C)=O)cc1. The van der Waals surface area contributed by atoms with Gasteiger partial charge < -0.3 is 10.1 Å². The maximum atomic E-state index is 11.0. The van der Waals surface area contributed by atoms with E-state index >= 15 is 0 Å². The van der Waals surface area contributed by atoms with E-state index in [0.717, 1.165) is 24.5 Å². The highest BCUT2D eigenvalue weighted by Gasteiger charge is 2.03. The molecular formula is C15H23NO2S. The molecule has 0 spiro atoms. The van der Waals surface area contributed by atoms with Gasteiger partial charge in [0, 0.05) is 35.4 Å². The molecule has 1 N–H and O–H groups in total. The molecule has 0 saturated heterocycles. The summed E-state index contributed by atoms with van der Waals surface area (Å²) in [7, 11) is -0.705. The molecule has 0 aliphatic heterocycles. The lowest BCUT2D eigenvalue weighted by Gasteiger charge is -2.13. The van der Waals surface area contributed by atoms with Gasteiger partial charge in [-0.15, -0.1) is 0 Å². The predicted octanol–water partition coefficient (Wildman–Crippen LogP) is 2.50. The third-order valence-corrected chi connectivity index (χ3v) is 3.59.